The zero-order chi connectivity index (χ0) is 14.1. The smallest absolute Gasteiger partial charge is 0.0848 e. The Balaban J connectivity index is 2.17. The highest BCUT2D eigenvalue weighted by atomic mass is 16.5. The lowest BCUT2D eigenvalue weighted by atomic mass is 9.99. The van der Waals surface area contributed by atoms with E-state index in [9.17, 15) is 10.3 Å². The van der Waals surface area contributed by atoms with Crippen molar-refractivity contribution in [2.75, 3.05) is 6.54 Å². The largest absolute Gasteiger partial charge is 0.401 e. The molecule has 0 bridgehead atoms. The number of hydrogen-bond acceptors (Lipinski definition) is 4. The number of nitrogens with two attached hydrogens (primary N) is 1. The molecule has 1 aliphatic heterocycles. The molecular formula is C16H16N2O2. The molecule has 1 aliphatic rings. The van der Waals surface area contributed by atoms with Crippen LogP contribution >= 0.6 is 0 Å². The molecule has 20 heavy (non-hydrogen) atoms. The van der Waals surface area contributed by atoms with Crippen LogP contribution in [0.3, 0.4) is 0 Å². The highest BCUT2D eigenvalue weighted by Crippen LogP contribution is 2.29. The van der Waals surface area contributed by atoms with Crippen molar-refractivity contribution < 1.29 is 10.3 Å². The van der Waals surface area contributed by atoms with E-state index in [2.05, 4.69) is 0 Å². The molecule has 0 aliphatic carbocycles. The van der Waals surface area contributed by atoms with Crippen LogP contribution in [0, 0.1) is 0 Å². The zero-order valence-corrected chi connectivity index (χ0v) is 11.0. The maximum absolute atomic E-state index is 10.1. The van der Waals surface area contributed by atoms with Crippen molar-refractivity contribution >= 4 is 16.5 Å². The first-order valence-corrected chi connectivity index (χ1v) is 6.44. The van der Waals surface area contributed by atoms with Crippen LogP contribution in [0.15, 0.2) is 54.2 Å². The Bertz CT molecular complexity index is 719. The van der Waals surface area contributed by atoms with Crippen LogP contribution in [0.4, 0.5) is 0 Å². The SMILES string of the molecule is NC1=CC=C(c2cccc3cc(CO)ccc23)N(O)C1. The summed E-state index contributed by atoms with van der Waals surface area (Å²) in [5.41, 5.74) is 8.87. The molecule has 4 N–H and O–H groups in total. The van der Waals surface area contributed by atoms with Gasteiger partial charge < -0.3 is 10.8 Å². The number of hydroxylamine groups is 2. The van der Waals surface area contributed by atoms with E-state index in [0.717, 1.165) is 32.7 Å². The Morgan fingerprint density at radius 2 is 2.00 bits per heavy atom. The number of benzene rings is 2. The zero-order valence-electron chi connectivity index (χ0n) is 11.0. The lowest BCUT2D eigenvalue weighted by Gasteiger charge is -2.24. The van der Waals surface area contributed by atoms with E-state index in [-0.39, 0.29) is 6.61 Å². The van der Waals surface area contributed by atoms with Crippen molar-refractivity contribution in [3.63, 3.8) is 0 Å². The third-order valence-electron chi connectivity index (χ3n) is 3.47. The molecule has 0 aromatic heterocycles. The van der Waals surface area contributed by atoms with Crippen molar-refractivity contribution in [2.45, 2.75) is 6.61 Å². The lowest BCUT2D eigenvalue weighted by Crippen LogP contribution is -2.26. The fourth-order valence-electron chi connectivity index (χ4n) is 2.47. The standard InChI is InChI=1S/C16H16N2O2/c17-13-5-7-16(18(20)9-13)15-3-1-2-12-8-11(10-19)4-6-14(12)15/h1-8,19-20H,9-10,17H2. The second-order valence-electron chi connectivity index (χ2n) is 4.87. The minimum atomic E-state index is 0.0221. The van der Waals surface area contributed by atoms with E-state index >= 15 is 0 Å². The van der Waals surface area contributed by atoms with Gasteiger partial charge in [-0.15, -0.1) is 0 Å². The Kier molecular flexibility index (Phi) is 3.18. The second kappa shape index (κ2) is 5.00. The van der Waals surface area contributed by atoms with Crippen molar-refractivity contribution in [3.8, 4) is 0 Å². The second-order valence-corrected chi connectivity index (χ2v) is 4.87. The van der Waals surface area contributed by atoms with Crippen molar-refractivity contribution in [3.05, 3.63) is 65.4 Å². The summed E-state index contributed by atoms with van der Waals surface area (Å²) in [6.45, 7) is 0.325. The first-order valence-electron chi connectivity index (χ1n) is 6.44. The molecule has 102 valence electrons. The first-order chi connectivity index (χ1) is 9.69. The molecular weight excluding hydrogens is 252 g/mol. The highest BCUT2D eigenvalue weighted by Gasteiger charge is 2.15. The molecule has 0 unspecified atom stereocenters. The summed E-state index contributed by atoms with van der Waals surface area (Å²) in [5.74, 6) is 0. The molecule has 3 rings (SSSR count). The van der Waals surface area contributed by atoms with Crippen LogP contribution in [0.2, 0.25) is 0 Å². The summed E-state index contributed by atoms with van der Waals surface area (Å²) in [7, 11) is 0. The fourth-order valence-corrected chi connectivity index (χ4v) is 2.47. The summed E-state index contributed by atoms with van der Waals surface area (Å²) in [4.78, 5) is 0. The summed E-state index contributed by atoms with van der Waals surface area (Å²) >= 11 is 0. The normalized spacial score (nSPS) is 15.2. The summed E-state index contributed by atoms with van der Waals surface area (Å²) in [6, 6.07) is 11.7. The summed E-state index contributed by atoms with van der Waals surface area (Å²) in [5, 5.41) is 22.5. The molecule has 1 heterocycles. The van der Waals surface area contributed by atoms with Crippen molar-refractivity contribution in [2.24, 2.45) is 5.73 Å². The van der Waals surface area contributed by atoms with E-state index in [0.29, 0.717) is 12.2 Å². The van der Waals surface area contributed by atoms with Gasteiger partial charge in [-0.25, -0.2) is 0 Å². The molecule has 0 saturated heterocycles. The molecule has 4 nitrogen and oxygen atoms in total. The van der Waals surface area contributed by atoms with Crippen LogP contribution in [0.5, 0.6) is 0 Å². The number of aliphatic hydroxyl groups is 1. The van der Waals surface area contributed by atoms with E-state index in [1.165, 1.54) is 0 Å². The van der Waals surface area contributed by atoms with Crippen LogP contribution in [-0.4, -0.2) is 21.9 Å². The van der Waals surface area contributed by atoms with Gasteiger partial charge in [0.25, 0.3) is 0 Å². The van der Waals surface area contributed by atoms with E-state index in [4.69, 9.17) is 5.73 Å². The number of allylic oxidation sites excluding steroid dienone is 2. The number of fused-ring (bicyclic) bond motifs is 1. The van der Waals surface area contributed by atoms with Gasteiger partial charge in [0, 0.05) is 11.3 Å². The molecule has 2 aromatic rings. The summed E-state index contributed by atoms with van der Waals surface area (Å²) in [6.07, 6.45) is 3.62. The van der Waals surface area contributed by atoms with Gasteiger partial charge in [0.1, 0.15) is 0 Å². The lowest BCUT2D eigenvalue weighted by molar-refractivity contribution is -0.0193. The van der Waals surface area contributed by atoms with E-state index < -0.39 is 0 Å². The molecule has 0 amide bonds. The molecule has 2 aromatic carbocycles. The van der Waals surface area contributed by atoms with Gasteiger partial charge in [-0.1, -0.05) is 30.3 Å². The van der Waals surface area contributed by atoms with Crippen LogP contribution in [-0.2, 0) is 6.61 Å². The van der Waals surface area contributed by atoms with Gasteiger partial charge in [0.05, 0.1) is 18.8 Å². The van der Waals surface area contributed by atoms with E-state index in [1.54, 1.807) is 0 Å². The topological polar surface area (TPSA) is 69.7 Å². The predicted octanol–water partition coefficient (Wildman–Crippen LogP) is 2.22. The van der Waals surface area contributed by atoms with Gasteiger partial charge in [-0.3, -0.25) is 10.3 Å². The van der Waals surface area contributed by atoms with Gasteiger partial charge in [-0.05, 0) is 34.6 Å². The van der Waals surface area contributed by atoms with Crippen molar-refractivity contribution in [1.29, 1.82) is 0 Å². The minimum Gasteiger partial charge on any atom is -0.401 e. The molecule has 4 heteroatoms. The van der Waals surface area contributed by atoms with Gasteiger partial charge in [-0.2, -0.15) is 0 Å². The predicted molar refractivity (Wildman–Crippen MR) is 78.6 cm³/mol. The Morgan fingerprint density at radius 3 is 2.75 bits per heavy atom. The molecule has 0 spiro atoms. The van der Waals surface area contributed by atoms with Gasteiger partial charge in [0.2, 0.25) is 0 Å². The maximum atomic E-state index is 10.1. The monoisotopic (exact) mass is 268 g/mol. The Labute approximate surface area is 117 Å². The minimum absolute atomic E-state index is 0.0221. The fraction of sp³-hybridized carbons (Fsp3) is 0.125. The van der Waals surface area contributed by atoms with E-state index in [1.807, 2.05) is 48.6 Å². The van der Waals surface area contributed by atoms with Crippen LogP contribution < -0.4 is 5.73 Å². The first kappa shape index (κ1) is 12.7. The molecule has 0 saturated carbocycles. The maximum Gasteiger partial charge on any atom is 0.0848 e. The number of rotatable bonds is 2. The molecule has 0 fully saturated rings. The van der Waals surface area contributed by atoms with Crippen molar-refractivity contribution in [1.82, 2.24) is 5.06 Å². The van der Waals surface area contributed by atoms with Crippen LogP contribution in [0.1, 0.15) is 11.1 Å². The average Bonchev–Trinajstić information content (AvgIpc) is 2.46. The third kappa shape index (κ3) is 2.15. The Hall–Kier alpha value is -2.30. The number of nitrogens with zero attached hydrogens (tertiary/aromatic N) is 1. The number of aliphatic hydroxyl groups excluding tert-OH is 1. The van der Waals surface area contributed by atoms with Crippen LogP contribution in [0.25, 0.3) is 16.5 Å². The quantitative estimate of drug-likeness (QED) is 0.781. The average molecular weight is 268 g/mol. The van der Waals surface area contributed by atoms with Gasteiger partial charge >= 0.3 is 0 Å². The third-order valence-corrected chi connectivity index (χ3v) is 3.47. The molecule has 0 atom stereocenters. The highest BCUT2D eigenvalue weighted by molar-refractivity contribution is 5.94. The Morgan fingerprint density at radius 1 is 1.15 bits per heavy atom. The number of hydrogen-bond donors (Lipinski definition) is 3. The molecule has 0 radical (unpaired) electrons. The van der Waals surface area contributed by atoms with Gasteiger partial charge in [0.15, 0.2) is 0 Å². The summed E-state index contributed by atoms with van der Waals surface area (Å²) < 4.78 is 0.